The van der Waals surface area contributed by atoms with Crippen LogP contribution in [-0.2, 0) is 0 Å². The van der Waals surface area contributed by atoms with E-state index in [2.05, 4.69) is 4.90 Å². The van der Waals surface area contributed by atoms with Crippen LogP contribution in [0.15, 0.2) is 18.2 Å². The molecule has 2 N–H and O–H groups in total. The number of benzene rings is 1. The summed E-state index contributed by atoms with van der Waals surface area (Å²) in [6.45, 7) is 3.86. The first-order valence-electron chi connectivity index (χ1n) is 7.29. The van der Waals surface area contributed by atoms with E-state index in [9.17, 15) is 4.79 Å². The van der Waals surface area contributed by atoms with Gasteiger partial charge in [0.15, 0.2) is 0 Å². The van der Waals surface area contributed by atoms with Gasteiger partial charge in [-0.15, -0.1) is 0 Å². The highest BCUT2D eigenvalue weighted by Gasteiger charge is 2.32. The van der Waals surface area contributed by atoms with Crippen LogP contribution >= 0.6 is 0 Å². The van der Waals surface area contributed by atoms with Crippen molar-refractivity contribution in [3.8, 4) is 0 Å². The SMILES string of the molecule is Cc1cc(N)ccc1C(=O)N(CC1CC1)CC1CC1. The molecule has 2 aliphatic carbocycles. The first-order valence-corrected chi connectivity index (χ1v) is 7.29. The van der Waals surface area contributed by atoms with E-state index in [4.69, 9.17) is 5.73 Å². The summed E-state index contributed by atoms with van der Waals surface area (Å²) in [6, 6.07) is 5.59. The number of anilines is 1. The summed E-state index contributed by atoms with van der Waals surface area (Å²) in [6.07, 6.45) is 5.15. The second kappa shape index (κ2) is 4.87. The number of nitrogens with two attached hydrogens (primary N) is 1. The zero-order chi connectivity index (χ0) is 13.4. The molecule has 1 aromatic rings. The maximum absolute atomic E-state index is 12.7. The van der Waals surface area contributed by atoms with Gasteiger partial charge in [-0.3, -0.25) is 4.79 Å². The van der Waals surface area contributed by atoms with E-state index in [1.54, 1.807) is 0 Å². The lowest BCUT2D eigenvalue weighted by Gasteiger charge is -2.23. The van der Waals surface area contributed by atoms with Crippen molar-refractivity contribution in [3.05, 3.63) is 29.3 Å². The number of nitrogens with zero attached hydrogens (tertiary/aromatic N) is 1. The summed E-state index contributed by atoms with van der Waals surface area (Å²) in [4.78, 5) is 14.8. The van der Waals surface area contributed by atoms with Gasteiger partial charge in [-0.05, 0) is 68.2 Å². The van der Waals surface area contributed by atoms with Crippen LogP contribution in [0.2, 0.25) is 0 Å². The van der Waals surface area contributed by atoms with Crippen LogP contribution in [-0.4, -0.2) is 23.9 Å². The summed E-state index contributed by atoms with van der Waals surface area (Å²) in [5.41, 5.74) is 8.29. The molecule has 19 heavy (non-hydrogen) atoms. The Kier molecular flexibility index (Phi) is 3.21. The molecular weight excluding hydrogens is 236 g/mol. The zero-order valence-corrected chi connectivity index (χ0v) is 11.6. The third-order valence-corrected chi connectivity index (χ3v) is 4.12. The van der Waals surface area contributed by atoms with Crippen LogP contribution in [0.1, 0.15) is 41.6 Å². The number of rotatable bonds is 5. The average Bonchev–Trinajstić information content (AvgIpc) is 3.22. The van der Waals surface area contributed by atoms with Crippen molar-refractivity contribution in [2.24, 2.45) is 11.8 Å². The Morgan fingerprint density at radius 2 is 1.79 bits per heavy atom. The predicted molar refractivity (Wildman–Crippen MR) is 76.9 cm³/mol. The second-order valence-electron chi connectivity index (χ2n) is 6.17. The Hall–Kier alpha value is -1.51. The van der Waals surface area contributed by atoms with Crippen molar-refractivity contribution in [2.75, 3.05) is 18.8 Å². The molecule has 0 spiro atoms. The monoisotopic (exact) mass is 258 g/mol. The number of hydrogen-bond donors (Lipinski definition) is 1. The molecule has 0 aliphatic heterocycles. The molecular formula is C16H22N2O. The minimum Gasteiger partial charge on any atom is -0.399 e. The number of carbonyl (C=O) groups excluding carboxylic acids is 1. The van der Waals surface area contributed by atoms with Crippen molar-refractivity contribution in [1.29, 1.82) is 0 Å². The van der Waals surface area contributed by atoms with E-state index in [0.29, 0.717) is 0 Å². The van der Waals surface area contributed by atoms with Crippen molar-refractivity contribution in [3.63, 3.8) is 0 Å². The normalized spacial score (nSPS) is 18.4. The third kappa shape index (κ3) is 3.09. The van der Waals surface area contributed by atoms with Crippen LogP contribution in [0.3, 0.4) is 0 Å². The number of hydrogen-bond acceptors (Lipinski definition) is 2. The van der Waals surface area contributed by atoms with Crippen LogP contribution < -0.4 is 5.73 Å². The van der Waals surface area contributed by atoms with Crippen LogP contribution in [0.25, 0.3) is 0 Å². The number of nitrogen functional groups attached to an aromatic ring is 1. The Balaban J connectivity index is 1.76. The molecule has 0 aromatic heterocycles. The van der Waals surface area contributed by atoms with Crippen molar-refractivity contribution in [1.82, 2.24) is 4.90 Å². The Morgan fingerprint density at radius 1 is 1.21 bits per heavy atom. The fraction of sp³-hybridized carbons (Fsp3) is 0.562. The molecule has 0 heterocycles. The van der Waals surface area contributed by atoms with Crippen molar-refractivity contribution < 1.29 is 4.79 Å². The predicted octanol–water partition coefficient (Wildman–Crippen LogP) is 2.84. The molecule has 0 radical (unpaired) electrons. The van der Waals surface area contributed by atoms with E-state index in [1.807, 2.05) is 25.1 Å². The second-order valence-corrected chi connectivity index (χ2v) is 6.17. The summed E-state index contributed by atoms with van der Waals surface area (Å²) >= 11 is 0. The minimum absolute atomic E-state index is 0.191. The molecule has 0 saturated heterocycles. The molecule has 2 aliphatic rings. The third-order valence-electron chi connectivity index (χ3n) is 4.12. The maximum atomic E-state index is 12.7. The summed E-state index contributed by atoms with van der Waals surface area (Å²) < 4.78 is 0. The van der Waals surface area contributed by atoms with Gasteiger partial charge in [0, 0.05) is 24.3 Å². The van der Waals surface area contributed by atoms with Gasteiger partial charge in [0.25, 0.3) is 5.91 Å². The van der Waals surface area contributed by atoms with Gasteiger partial charge in [0.2, 0.25) is 0 Å². The lowest BCUT2D eigenvalue weighted by molar-refractivity contribution is 0.0739. The van der Waals surface area contributed by atoms with Crippen LogP contribution in [0, 0.1) is 18.8 Å². The Bertz CT molecular complexity index is 476. The van der Waals surface area contributed by atoms with Crippen LogP contribution in [0.4, 0.5) is 5.69 Å². The van der Waals surface area contributed by atoms with Gasteiger partial charge in [0.05, 0.1) is 0 Å². The quantitative estimate of drug-likeness (QED) is 0.825. The standard InChI is InChI=1S/C16H22N2O/c1-11-8-14(17)6-7-15(11)16(19)18(9-12-2-3-12)10-13-4-5-13/h6-8,12-13H,2-5,9-10,17H2,1H3. The van der Waals surface area contributed by atoms with Crippen LogP contribution in [0.5, 0.6) is 0 Å². The first kappa shape index (κ1) is 12.5. The van der Waals surface area contributed by atoms with E-state index >= 15 is 0 Å². The van der Waals surface area contributed by atoms with E-state index in [1.165, 1.54) is 25.7 Å². The number of aryl methyl sites for hydroxylation is 1. The highest BCUT2D eigenvalue weighted by Crippen LogP contribution is 2.34. The molecule has 1 amide bonds. The molecule has 2 saturated carbocycles. The zero-order valence-electron chi connectivity index (χ0n) is 11.6. The van der Waals surface area contributed by atoms with Crippen molar-refractivity contribution in [2.45, 2.75) is 32.6 Å². The highest BCUT2D eigenvalue weighted by molar-refractivity contribution is 5.96. The first-order chi connectivity index (χ1) is 9.13. The van der Waals surface area contributed by atoms with Crippen molar-refractivity contribution >= 4 is 11.6 Å². The topological polar surface area (TPSA) is 46.3 Å². The molecule has 2 fully saturated rings. The molecule has 102 valence electrons. The highest BCUT2D eigenvalue weighted by atomic mass is 16.2. The minimum atomic E-state index is 0.191. The molecule has 3 nitrogen and oxygen atoms in total. The molecule has 1 aromatic carbocycles. The number of amides is 1. The fourth-order valence-corrected chi connectivity index (χ4v) is 2.56. The average molecular weight is 258 g/mol. The Labute approximate surface area is 114 Å². The summed E-state index contributed by atoms with van der Waals surface area (Å²) in [5.74, 6) is 1.69. The van der Waals surface area contributed by atoms with Gasteiger partial charge in [0.1, 0.15) is 0 Å². The fourth-order valence-electron chi connectivity index (χ4n) is 2.56. The molecule has 0 unspecified atom stereocenters. The molecule has 0 atom stereocenters. The summed E-state index contributed by atoms with van der Waals surface area (Å²) in [5, 5.41) is 0. The van der Waals surface area contributed by atoms with E-state index in [0.717, 1.165) is 41.7 Å². The lowest BCUT2D eigenvalue weighted by atomic mass is 10.1. The maximum Gasteiger partial charge on any atom is 0.254 e. The lowest BCUT2D eigenvalue weighted by Crippen LogP contribution is -2.35. The largest absolute Gasteiger partial charge is 0.399 e. The van der Waals surface area contributed by atoms with Gasteiger partial charge in [-0.25, -0.2) is 0 Å². The van der Waals surface area contributed by atoms with Gasteiger partial charge in [-0.2, -0.15) is 0 Å². The van der Waals surface area contributed by atoms with E-state index < -0.39 is 0 Å². The summed E-state index contributed by atoms with van der Waals surface area (Å²) in [7, 11) is 0. The van der Waals surface area contributed by atoms with E-state index in [-0.39, 0.29) is 5.91 Å². The van der Waals surface area contributed by atoms with Gasteiger partial charge in [-0.1, -0.05) is 0 Å². The smallest absolute Gasteiger partial charge is 0.254 e. The van der Waals surface area contributed by atoms with Gasteiger partial charge < -0.3 is 10.6 Å². The molecule has 0 bridgehead atoms. The molecule has 3 rings (SSSR count). The van der Waals surface area contributed by atoms with Gasteiger partial charge >= 0.3 is 0 Å². The number of carbonyl (C=O) groups is 1. The Morgan fingerprint density at radius 3 is 2.26 bits per heavy atom. The molecule has 3 heteroatoms.